The molecule has 0 fully saturated rings. The lowest BCUT2D eigenvalue weighted by molar-refractivity contribution is 0.112. The Balaban J connectivity index is 2.09. The van der Waals surface area contributed by atoms with Crippen molar-refractivity contribution in [2.75, 3.05) is 0 Å². The van der Waals surface area contributed by atoms with E-state index in [1.165, 1.54) is 0 Å². The lowest BCUT2D eigenvalue weighted by Gasteiger charge is -2.07. The molecule has 0 radical (unpaired) electrons. The summed E-state index contributed by atoms with van der Waals surface area (Å²) in [5.41, 5.74) is 0.600. The number of ether oxygens (including phenoxy) is 1. The zero-order valence-corrected chi connectivity index (χ0v) is 10.7. The normalized spacial score (nSPS) is 10.2. The zero-order chi connectivity index (χ0) is 12.3. The maximum absolute atomic E-state index is 10.6. The number of hydrogen-bond donors (Lipinski definition) is 0. The number of rotatable bonds is 4. The van der Waals surface area contributed by atoms with Crippen molar-refractivity contribution < 1.29 is 9.53 Å². The van der Waals surface area contributed by atoms with Gasteiger partial charge in [0, 0.05) is 12.6 Å². The summed E-state index contributed by atoms with van der Waals surface area (Å²) in [6.07, 6.45) is 2.40. The summed E-state index contributed by atoms with van der Waals surface area (Å²) in [6.45, 7) is 0.329. The first-order valence-corrected chi connectivity index (χ1v) is 5.70. The van der Waals surface area contributed by atoms with E-state index >= 15 is 0 Å². The second kappa shape index (κ2) is 5.09. The van der Waals surface area contributed by atoms with E-state index in [-0.39, 0.29) is 0 Å². The fraction of sp³-hybridized carbons (Fsp3) is 0.182. The lowest BCUT2D eigenvalue weighted by atomic mass is 10.2. The van der Waals surface area contributed by atoms with Gasteiger partial charge in [0.2, 0.25) is 0 Å². The molecular weight excluding hydrogens is 286 g/mol. The molecule has 0 saturated heterocycles. The molecule has 1 heterocycles. The minimum absolute atomic E-state index is 0.329. The SMILES string of the molecule is Cn1cnnc1COc1ccc(C=O)cc1Br. The van der Waals surface area contributed by atoms with Gasteiger partial charge < -0.3 is 9.30 Å². The number of carbonyl (C=O) groups is 1. The Bertz CT molecular complexity index is 539. The van der Waals surface area contributed by atoms with Crippen LogP contribution in [0.1, 0.15) is 16.2 Å². The minimum atomic E-state index is 0.329. The van der Waals surface area contributed by atoms with Crippen LogP contribution in [0.2, 0.25) is 0 Å². The van der Waals surface area contributed by atoms with Crippen molar-refractivity contribution in [3.63, 3.8) is 0 Å². The summed E-state index contributed by atoms with van der Waals surface area (Å²) >= 11 is 3.34. The van der Waals surface area contributed by atoms with Gasteiger partial charge in [0.05, 0.1) is 4.47 Å². The molecule has 5 nitrogen and oxygen atoms in total. The third kappa shape index (κ3) is 2.71. The number of halogens is 1. The summed E-state index contributed by atoms with van der Waals surface area (Å²) in [6, 6.07) is 5.15. The molecule has 17 heavy (non-hydrogen) atoms. The molecule has 2 aromatic rings. The van der Waals surface area contributed by atoms with E-state index in [2.05, 4.69) is 26.1 Å². The topological polar surface area (TPSA) is 57.0 Å². The highest BCUT2D eigenvalue weighted by atomic mass is 79.9. The molecule has 2 rings (SSSR count). The van der Waals surface area contributed by atoms with Gasteiger partial charge in [-0.1, -0.05) is 0 Å². The quantitative estimate of drug-likeness (QED) is 0.809. The fourth-order valence-corrected chi connectivity index (χ4v) is 1.80. The molecule has 1 aromatic heterocycles. The predicted molar refractivity (Wildman–Crippen MR) is 64.9 cm³/mol. The first-order chi connectivity index (χ1) is 8.20. The lowest BCUT2D eigenvalue weighted by Crippen LogP contribution is -2.03. The smallest absolute Gasteiger partial charge is 0.170 e. The van der Waals surface area contributed by atoms with E-state index in [0.29, 0.717) is 17.9 Å². The fourth-order valence-electron chi connectivity index (χ4n) is 1.29. The third-order valence-corrected chi connectivity index (χ3v) is 2.87. The van der Waals surface area contributed by atoms with E-state index in [9.17, 15) is 4.79 Å². The van der Waals surface area contributed by atoms with Gasteiger partial charge in [0.15, 0.2) is 5.82 Å². The number of aldehydes is 1. The van der Waals surface area contributed by atoms with Crippen molar-refractivity contribution in [3.8, 4) is 5.75 Å². The Morgan fingerprint density at radius 2 is 2.35 bits per heavy atom. The molecule has 6 heteroatoms. The molecule has 0 aliphatic heterocycles. The number of aromatic nitrogens is 3. The van der Waals surface area contributed by atoms with Crippen LogP contribution in [0.25, 0.3) is 0 Å². The van der Waals surface area contributed by atoms with E-state index in [1.54, 1.807) is 29.1 Å². The number of nitrogens with zero attached hydrogens (tertiary/aromatic N) is 3. The van der Waals surface area contributed by atoms with Gasteiger partial charge in [-0.2, -0.15) is 0 Å². The van der Waals surface area contributed by atoms with Gasteiger partial charge in [0.1, 0.15) is 25.0 Å². The van der Waals surface area contributed by atoms with Gasteiger partial charge in [-0.3, -0.25) is 4.79 Å². The molecule has 0 aliphatic carbocycles. The molecular formula is C11H10BrN3O2. The average molecular weight is 296 g/mol. The molecule has 88 valence electrons. The summed E-state index contributed by atoms with van der Waals surface area (Å²) < 4.78 is 8.10. The van der Waals surface area contributed by atoms with Gasteiger partial charge in [-0.15, -0.1) is 10.2 Å². The summed E-state index contributed by atoms with van der Waals surface area (Å²) in [4.78, 5) is 10.6. The molecule has 0 spiro atoms. The van der Waals surface area contributed by atoms with Crippen LogP contribution < -0.4 is 4.74 Å². The minimum Gasteiger partial charge on any atom is -0.484 e. The Kier molecular flexibility index (Phi) is 3.53. The van der Waals surface area contributed by atoms with Crippen LogP contribution in [0.5, 0.6) is 5.75 Å². The highest BCUT2D eigenvalue weighted by Gasteiger charge is 2.05. The average Bonchev–Trinajstić information content (AvgIpc) is 2.73. The van der Waals surface area contributed by atoms with Crippen LogP contribution in [0.15, 0.2) is 29.0 Å². The van der Waals surface area contributed by atoms with Gasteiger partial charge >= 0.3 is 0 Å². The molecule has 0 amide bonds. The standard InChI is InChI=1S/C11H10BrN3O2/c1-15-7-13-14-11(15)6-17-10-3-2-8(5-16)4-9(10)12/h2-5,7H,6H2,1H3. The molecule has 1 aromatic carbocycles. The highest BCUT2D eigenvalue weighted by Crippen LogP contribution is 2.26. The van der Waals surface area contributed by atoms with Crippen LogP contribution in [-0.2, 0) is 13.7 Å². The Morgan fingerprint density at radius 3 is 2.94 bits per heavy atom. The Labute approximate surface area is 107 Å². The van der Waals surface area contributed by atoms with Crippen molar-refractivity contribution in [1.82, 2.24) is 14.8 Å². The van der Waals surface area contributed by atoms with E-state index in [0.717, 1.165) is 16.6 Å². The van der Waals surface area contributed by atoms with Crippen LogP contribution in [-0.4, -0.2) is 21.1 Å². The molecule has 0 aliphatic rings. The first-order valence-electron chi connectivity index (χ1n) is 4.91. The van der Waals surface area contributed by atoms with Crippen molar-refractivity contribution in [2.45, 2.75) is 6.61 Å². The van der Waals surface area contributed by atoms with E-state index in [4.69, 9.17) is 4.74 Å². The monoisotopic (exact) mass is 295 g/mol. The number of benzene rings is 1. The maximum Gasteiger partial charge on any atom is 0.170 e. The highest BCUT2D eigenvalue weighted by molar-refractivity contribution is 9.10. The maximum atomic E-state index is 10.6. The van der Waals surface area contributed by atoms with Crippen molar-refractivity contribution in [1.29, 1.82) is 0 Å². The molecule has 0 atom stereocenters. The van der Waals surface area contributed by atoms with E-state index < -0.39 is 0 Å². The van der Waals surface area contributed by atoms with Crippen molar-refractivity contribution in [2.24, 2.45) is 7.05 Å². The van der Waals surface area contributed by atoms with Gasteiger partial charge in [0.25, 0.3) is 0 Å². The van der Waals surface area contributed by atoms with Crippen molar-refractivity contribution >= 4 is 22.2 Å². The van der Waals surface area contributed by atoms with Crippen LogP contribution in [0.4, 0.5) is 0 Å². The molecule has 0 saturated carbocycles. The number of aryl methyl sites for hydroxylation is 1. The van der Waals surface area contributed by atoms with E-state index in [1.807, 2.05) is 7.05 Å². The summed E-state index contributed by atoms with van der Waals surface area (Å²) in [7, 11) is 1.85. The van der Waals surface area contributed by atoms with Gasteiger partial charge in [-0.25, -0.2) is 0 Å². The Morgan fingerprint density at radius 1 is 1.53 bits per heavy atom. The largest absolute Gasteiger partial charge is 0.484 e. The number of carbonyl (C=O) groups excluding carboxylic acids is 1. The van der Waals surface area contributed by atoms with Crippen LogP contribution in [0.3, 0.4) is 0 Å². The summed E-state index contributed by atoms with van der Waals surface area (Å²) in [5.74, 6) is 1.40. The molecule has 0 unspecified atom stereocenters. The number of hydrogen-bond acceptors (Lipinski definition) is 4. The third-order valence-electron chi connectivity index (χ3n) is 2.25. The molecule has 0 bridgehead atoms. The van der Waals surface area contributed by atoms with Crippen LogP contribution >= 0.6 is 15.9 Å². The zero-order valence-electron chi connectivity index (χ0n) is 9.13. The Hall–Kier alpha value is -1.69. The first kappa shape index (κ1) is 11.8. The second-order valence-electron chi connectivity index (χ2n) is 3.45. The van der Waals surface area contributed by atoms with Gasteiger partial charge in [-0.05, 0) is 34.1 Å². The summed E-state index contributed by atoms with van der Waals surface area (Å²) in [5, 5.41) is 7.67. The predicted octanol–water partition coefficient (Wildman–Crippen LogP) is 1.97. The van der Waals surface area contributed by atoms with Crippen LogP contribution in [0, 0.1) is 0 Å². The second-order valence-corrected chi connectivity index (χ2v) is 4.31. The molecule has 0 N–H and O–H groups in total. The van der Waals surface area contributed by atoms with Crippen molar-refractivity contribution in [3.05, 3.63) is 40.4 Å².